The molecule has 1 unspecified atom stereocenters. The van der Waals surface area contributed by atoms with Crippen LogP contribution in [0.3, 0.4) is 0 Å². The molecule has 0 amide bonds. The van der Waals surface area contributed by atoms with E-state index in [0.29, 0.717) is 11.7 Å². The van der Waals surface area contributed by atoms with E-state index in [-0.39, 0.29) is 0 Å². The number of hydrogen-bond donors (Lipinski definition) is 2. The zero-order valence-electron chi connectivity index (χ0n) is 9.20. The summed E-state index contributed by atoms with van der Waals surface area (Å²) in [6, 6.07) is 3.77. The number of pyridine rings is 1. The molecule has 3 N–H and O–H groups in total. The minimum atomic E-state index is 0.530. The predicted octanol–water partition coefficient (Wildman–Crippen LogP) is 2.10. The summed E-state index contributed by atoms with van der Waals surface area (Å²) in [5.41, 5.74) is 9.16. The van der Waals surface area contributed by atoms with Gasteiger partial charge in [0.2, 0.25) is 0 Å². The van der Waals surface area contributed by atoms with Crippen LogP contribution in [0, 0.1) is 0 Å². The van der Waals surface area contributed by atoms with Crippen LogP contribution in [0.15, 0.2) is 18.3 Å². The van der Waals surface area contributed by atoms with Crippen molar-refractivity contribution < 1.29 is 0 Å². The average Bonchev–Trinajstić information content (AvgIpc) is 2.81. The highest BCUT2D eigenvalue weighted by Gasteiger charge is 2.23. The number of nitrogen functional groups attached to an aromatic ring is 1. The van der Waals surface area contributed by atoms with Gasteiger partial charge in [-0.1, -0.05) is 6.92 Å². The van der Waals surface area contributed by atoms with Crippen molar-refractivity contribution in [1.82, 2.24) is 15.0 Å². The standard InChI is InChI=1S/C12H14N4/c1-7-2-3-9-11(7)16-12(15-9)8-4-5-14-10(13)6-8/h4-7H,2-3H2,1H3,(H2,13,14)(H,15,16). The van der Waals surface area contributed by atoms with Crippen LogP contribution in [0.4, 0.5) is 5.82 Å². The van der Waals surface area contributed by atoms with E-state index < -0.39 is 0 Å². The number of hydrogen-bond acceptors (Lipinski definition) is 3. The molecule has 2 aromatic rings. The quantitative estimate of drug-likeness (QED) is 0.763. The van der Waals surface area contributed by atoms with Crippen molar-refractivity contribution in [2.75, 3.05) is 5.73 Å². The van der Waals surface area contributed by atoms with Gasteiger partial charge in [-0.3, -0.25) is 0 Å². The van der Waals surface area contributed by atoms with Gasteiger partial charge in [-0.2, -0.15) is 0 Å². The second kappa shape index (κ2) is 3.33. The molecular formula is C12H14N4. The number of aromatic amines is 1. The molecule has 4 heteroatoms. The van der Waals surface area contributed by atoms with E-state index in [9.17, 15) is 0 Å². The van der Waals surface area contributed by atoms with Gasteiger partial charge >= 0.3 is 0 Å². The first-order chi connectivity index (χ1) is 7.74. The Bertz CT molecular complexity index is 530. The highest BCUT2D eigenvalue weighted by molar-refractivity contribution is 5.59. The minimum Gasteiger partial charge on any atom is -0.384 e. The molecule has 4 nitrogen and oxygen atoms in total. The summed E-state index contributed by atoms with van der Waals surface area (Å²) < 4.78 is 0. The molecule has 2 heterocycles. The minimum absolute atomic E-state index is 0.530. The summed E-state index contributed by atoms with van der Waals surface area (Å²) in [6.45, 7) is 2.22. The molecule has 0 aromatic carbocycles. The highest BCUT2D eigenvalue weighted by atomic mass is 15.0. The molecule has 0 fully saturated rings. The Labute approximate surface area is 93.9 Å². The largest absolute Gasteiger partial charge is 0.384 e. The number of imidazole rings is 1. The van der Waals surface area contributed by atoms with Gasteiger partial charge in [-0.05, 0) is 25.0 Å². The van der Waals surface area contributed by atoms with Gasteiger partial charge in [0.05, 0.1) is 5.69 Å². The fourth-order valence-corrected chi connectivity index (χ4v) is 2.25. The number of nitrogens with one attached hydrogen (secondary N) is 1. The van der Waals surface area contributed by atoms with Crippen LogP contribution in [0.1, 0.15) is 30.7 Å². The molecule has 0 saturated heterocycles. The molecule has 3 rings (SSSR count). The first-order valence-electron chi connectivity index (χ1n) is 5.54. The van der Waals surface area contributed by atoms with E-state index >= 15 is 0 Å². The van der Waals surface area contributed by atoms with E-state index in [4.69, 9.17) is 5.73 Å². The predicted molar refractivity (Wildman–Crippen MR) is 63.0 cm³/mol. The normalized spacial score (nSPS) is 18.7. The van der Waals surface area contributed by atoms with E-state index in [1.165, 1.54) is 17.8 Å². The van der Waals surface area contributed by atoms with Gasteiger partial charge in [-0.15, -0.1) is 0 Å². The molecule has 0 bridgehead atoms. The van der Waals surface area contributed by atoms with Crippen molar-refractivity contribution in [2.45, 2.75) is 25.7 Å². The number of nitrogens with zero attached hydrogens (tertiary/aromatic N) is 2. The second-order valence-electron chi connectivity index (χ2n) is 4.36. The van der Waals surface area contributed by atoms with Gasteiger partial charge in [0.1, 0.15) is 11.6 Å². The van der Waals surface area contributed by atoms with Crippen LogP contribution >= 0.6 is 0 Å². The number of aryl methyl sites for hydroxylation is 1. The van der Waals surface area contributed by atoms with Crippen molar-refractivity contribution in [3.05, 3.63) is 29.7 Å². The fourth-order valence-electron chi connectivity index (χ4n) is 2.25. The van der Waals surface area contributed by atoms with Gasteiger partial charge in [0, 0.05) is 23.4 Å². The van der Waals surface area contributed by atoms with Gasteiger partial charge in [0.15, 0.2) is 0 Å². The summed E-state index contributed by atoms with van der Waals surface area (Å²) in [5.74, 6) is 2.01. The Morgan fingerprint density at radius 2 is 2.38 bits per heavy atom. The summed E-state index contributed by atoms with van der Waals surface area (Å²) in [7, 11) is 0. The number of nitrogens with two attached hydrogens (primary N) is 1. The van der Waals surface area contributed by atoms with Crippen LogP contribution in [-0.4, -0.2) is 15.0 Å². The number of fused-ring (bicyclic) bond motifs is 1. The Hall–Kier alpha value is -1.84. The SMILES string of the molecule is CC1CCc2[nH]c(-c3ccnc(N)c3)nc21. The van der Waals surface area contributed by atoms with E-state index in [0.717, 1.165) is 17.8 Å². The van der Waals surface area contributed by atoms with Gasteiger partial charge in [-0.25, -0.2) is 9.97 Å². The van der Waals surface area contributed by atoms with Gasteiger partial charge < -0.3 is 10.7 Å². The smallest absolute Gasteiger partial charge is 0.138 e. The van der Waals surface area contributed by atoms with Crippen molar-refractivity contribution in [2.24, 2.45) is 0 Å². The van der Waals surface area contributed by atoms with E-state index in [1.54, 1.807) is 6.20 Å². The molecule has 1 atom stereocenters. The van der Waals surface area contributed by atoms with Crippen LogP contribution in [0.5, 0.6) is 0 Å². The third kappa shape index (κ3) is 1.38. The maximum absolute atomic E-state index is 5.66. The van der Waals surface area contributed by atoms with Crippen molar-refractivity contribution in [3.8, 4) is 11.4 Å². The Morgan fingerprint density at radius 3 is 3.12 bits per heavy atom. The Morgan fingerprint density at radius 1 is 1.50 bits per heavy atom. The van der Waals surface area contributed by atoms with Crippen molar-refractivity contribution in [1.29, 1.82) is 0 Å². The number of aromatic nitrogens is 3. The Balaban J connectivity index is 2.05. The van der Waals surface area contributed by atoms with E-state index in [1.807, 2.05) is 12.1 Å². The summed E-state index contributed by atoms with van der Waals surface area (Å²) in [5, 5.41) is 0. The zero-order chi connectivity index (χ0) is 11.1. The molecule has 0 aliphatic heterocycles. The molecule has 1 aliphatic rings. The third-order valence-electron chi connectivity index (χ3n) is 3.16. The summed E-state index contributed by atoms with van der Waals surface area (Å²) in [4.78, 5) is 12.0. The molecule has 1 aliphatic carbocycles. The van der Waals surface area contributed by atoms with Crippen LogP contribution < -0.4 is 5.73 Å². The average molecular weight is 214 g/mol. The molecule has 2 aromatic heterocycles. The van der Waals surface area contributed by atoms with Crippen molar-refractivity contribution in [3.63, 3.8) is 0 Å². The number of anilines is 1. The van der Waals surface area contributed by atoms with E-state index in [2.05, 4.69) is 21.9 Å². The zero-order valence-corrected chi connectivity index (χ0v) is 9.20. The lowest BCUT2D eigenvalue weighted by atomic mass is 10.1. The lowest BCUT2D eigenvalue weighted by Crippen LogP contribution is -1.92. The molecule has 16 heavy (non-hydrogen) atoms. The highest BCUT2D eigenvalue weighted by Crippen LogP contribution is 2.32. The number of rotatable bonds is 1. The lowest BCUT2D eigenvalue weighted by Gasteiger charge is -2.00. The fraction of sp³-hybridized carbons (Fsp3) is 0.333. The van der Waals surface area contributed by atoms with Crippen LogP contribution in [0.2, 0.25) is 0 Å². The molecule has 0 radical (unpaired) electrons. The summed E-state index contributed by atoms with van der Waals surface area (Å²) in [6.07, 6.45) is 4.01. The Kier molecular flexibility index (Phi) is 1.96. The summed E-state index contributed by atoms with van der Waals surface area (Å²) >= 11 is 0. The van der Waals surface area contributed by atoms with Crippen LogP contribution in [0.25, 0.3) is 11.4 Å². The molecule has 0 saturated carbocycles. The maximum Gasteiger partial charge on any atom is 0.138 e. The first kappa shape index (κ1) is 9.39. The third-order valence-corrected chi connectivity index (χ3v) is 3.16. The topological polar surface area (TPSA) is 67.6 Å². The second-order valence-corrected chi connectivity index (χ2v) is 4.36. The number of H-pyrrole nitrogens is 1. The van der Waals surface area contributed by atoms with Crippen molar-refractivity contribution >= 4 is 5.82 Å². The monoisotopic (exact) mass is 214 g/mol. The molecule has 0 spiro atoms. The van der Waals surface area contributed by atoms with Gasteiger partial charge in [0.25, 0.3) is 0 Å². The molecule has 82 valence electrons. The molecular weight excluding hydrogens is 200 g/mol. The lowest BCUT2D eigenvalue weighted by molar-refractivity contribution is 0.726. The van der Waals surface area contributed by atoms with Crippen LogP contribution in [-0.2, 0) is 6.42 Å². The first-order valence-corrected chi connectivity index (χ1v) is 5.54. The maximum atomic E-state index is 5.66.